The molecule has 0 bridgehead atoms. The lowest BCUT2D eigenvalue weighted by atomic mass is 10.1. The molecule has 1 aliphatic carbocycles. The van der Waals surface area contributed by atoms with E-state index >= 15 is 0 Å². The molecule has 4 rings (SSSR count). The second kappa shape index (κ2) is 8.54. The van der Waals surface area contributed by atoms with Gasteiger partial charge in [-0.25, -0.2) is 0 Å². The van der Waals surface area contributed by atoms with Gasteiger partial charge in [0.15, 0.2) is 0 Å². The van der Waals surface area contributed by atoms with E-state index in [1.165, 1.54) is 30.6 Å². The van der Waals surface area contributed by atoms with E-state index in [-0.39, 0.29) is 11.3 Å². The smallest absolute Gasteiger partial charge is 0.391 e. The number of halogens is 3. The lowest BCUT2D eigenvalue weighted by Gasteiger charge is -2.17. The summed E-state index contributed by atoms with van der Waals surface area (Å²) in [5.41, 5.74) is -1.04. The Balaban J connectivity index is 1.79. The molecule has 0 radical (unpaired) electrons. The number of alkyl halides is 3. The lowest BCUT2D eigenvalue weighted by Crippen LogP contribution is -2.42. The summed E-state index contributed by atoms with van der Waals surface area (Å²) < 4.78 is 39.7. The summed E-state index contributed by atoms with van der Waals surface area (Å²) in [7, 11) is 0. The minimum atomic E-state index is -4.49. The molecule has 32 heavy (non-hydrogen) atoms. The van der Waals surface area contributed by atoms with Crippen LogP contribution in [0.5, 0.6) is 0 Å². The Morgan fingerprint density at radius 3 is 2.50 bits per heavy atom. The number of hydrogen-bond donors (Lipinski definition) is 2. The Kier molecular flexibility index (Phi) is 5.79. The van der Waals surface area contributed by atoms with Crippen LogP contribution in [0.25, 0.3) is 16.9 Å². The number of rotatable bonds is 4. The highest BCUT2D eigenvalue weighted by Crippen LogP contribution is 2.30. The van der Waals surface area contributed by atoms with Crippen LogP contribution in [0.1, 0.15) is 35.2 Å². The highest BCUT2D eigenvalue weighted by Gasteiger charge is 2.31. The van der Waals surface area contributed by atoms with E-state index in [9.17, 15) is 27.9 Å². The van der Waals surface area contributed by atoms with Crippen LogP contribution in [0, 0.1) is 0 Å². The Morgan fingerprint density at radius 2 is 1.91 bits per heavy atom. The maximum atomic E-state index is 13.0. The Hall–Kier alpha value is -3.53. The molecule has 1 fully saturated rings. The molecule has 0 aliphatic heterocycles. The first kappa shape index (κ1) is 21.7. The van der Waals surface area contributed by atoms with Gasteiger partial charge in [0.05, 0.1) is 35.3 Å². The fourth-order valence-electron chi connectivity index (χ4n) is 3.64. The number of pyridine rings is 1. The molecule has 1 saturated carbocycles. The van der Waals surface area contributed by atoms with Crippen molar-refractivity contribution in [3.63, 3.8) is 0 Å². The summed E-state index contributed by atoms with van der Waals surface area (Å²) in [5.74, 6) is -0.686. The number of carbonyl (C=O) groups excluding carboxylic acids is 1. The largest absolute Gasteiger partial charge is 0.416 e. The van der Waals surface area contributed by atoms with Gasteiger partial charge in [0.1, 0.15) is 5.56 Å². The third-order valence-corrected chi connectivity index (χ3v) is 5.35. The van der Waals surface area contributed by atoms with Crippen molar-refractivity contribution in [3.8, 4) is 16.9 Å². The molecule has 10 heteroatoms. The number of benzene rings is 1. The van der Waals surface area contributed by atoms with Gasteiger partial charge >= 0.3 is 6.18 Å². The molecule has 0 spiro atoms. The van der Waals surface area contributed by atoms with Crippen molar-refractivity contribution in [2.75, 3.05) is 0 Å². The molecule has 7 nitrogen and oxygen atoms in total. The third kappa shape index (κ3) is 4.40. The van der Waals surface area contributed by atoms with E-state index in [0.29, 0.717) is 24.1 Å². The number of aliphatic hydroxyl groups excluding tert-OH is 1. The average molecular weight is 444 g/mol. The number of aromatic nitrogens is 3. The zero-order chi connectivity index (χ0) is 22.9. The monoisotopic (exact) mass is 444 g/mol. The van der Waals surface area contributed by atoms with Gasteiger partial charge < -0.3 is 10.4 Å². The molecule has 2 atom stereocenters. The molecule has 0 saturated heterocycles. The minimum Gasteiger partial charge on any atom is -0.391 e. The van der Waals surface area contributed by atoms with Gasteiger partial charge in [0.25, 0.3) is 11.5 Å². The SMILES string of the molecule is O=C(N[C@H]1CCC[C@H]1O)c1cc(-c2ccc(C(F)(F)F)cc2)nn(-c2cccnc2)c1=O. The van der Waals surface area contributed by atoms with Crippen LogP contribution >= 0.6 is 0 Å². The summed E-state index contributed by atoms with van der Waals surface area (Å²) in [6.07, 6.45) is -0.419. The van der Waals surface area contributed by atoms with Crippen molar-refractivity contribution >= 4 is 5.91 Å². The van der Waals surface area contributed by atoms with Gasteiger partial charge in [-0.05, 0) is 49.6 Å². The van der Waals surface area contributed by atoms with Crippen molar-refractivity contribution in [3.05, 3.63) is 76.3 Å². The molecule has 2 aromatic heterocycles. The van der Waals surface area contributed by atoms with Gasteiger partial charge in [-0.2, -0.15) is 23.0 Å². The van der Waals surface area contributed by atoms with E-state index in [2.05, 4.69) is 15.4 Å². The van der Waals surface area contributed by atoms with Gasteiger partial charge in [-0.3, -0.25) is 14.6 Å². The number of nitrogens with zero attached hydrogens (tertiary/aromatic N) is 3. The maximum Gasteiger partial charge on any atom is 0.416 e. The maximum absolute atomic E-state index is 13.0. The summed E-state index contributed by atoms with van der Waals surface area (Å²) in [6.45, 7) is 0. The Morgan fingerprint density at radius 1 is 1.16 bits per heavy atom. The van der Waals surface area contributed by atoms with Crippen LogP contribution in [0.2, 0.25) is 0 Å². The van der Waals surface area contributed by atoms with E-state index in [1.54, 1.807) is 12.1 Å². The van der Waals surface area contributed by atoms with Crippen LogP contribution in [-0.4, -0.2) is 37.9 Å². The zero-order valence-corrected chi connectivity index (χ0v) is 16.7. The quantitative estimate of drug-likeness (QED) is 0.645. The molecule has 166 valence electrons. The Labute approximate surface area is 180 Å². The number of nitrogens with one attached hydrogen (secondary N) is 1. The highest BCUT2D eigenvalue weighted by molar-refractivity contribution is 5.95. The third-order valence-electron chi connectivity index (χ3n) is 5.35. The summed E-state index contributed by atoms with van der Waals surface area (Å²) >= 11 is 0. The summed E-state index contributed by atoms with van der Waals surface area (Å²) in [6, 6.07) is 8.20. The number of amides is 1. The van der Waals surface area contributed by atoms with Crippen LogP contribution in [-0.2, 0) is 6.18 Å². The minimum absolute atomic E-state index is 0.138. The first-order valence-corrected chi connectivity index (χ1v) is 9.95. The zero-order valence-electron chi connectivity index (χ0n) is 16.7. The van der Waals surface area contributed by atoms with Crippen LogP contribution in [0.3, 0.4) is 0 Å². The average Bonchev–Trinajstić information content (AvgIpc) is 3.18. The molecular formula is C22H19F3N4O3. The number of hydrogen-bond acceptors (Lipinski definition) is 5. The van der Waals surface area contributed by atoms with E-state index in [1.807, 2.05) is 0 Å². The van der Waals surface area contributed by atoms with Crippen molar-refractivity contribution in [1.82, 2.24) is 20.1 Å². The van der Waals surface area contributed by atoms with Gasteiger partial charge in [0.2, 0.25) is 0 Å². The summed E-state index contributed by atoms with van der Waals surface area (Å²) in [5, 5.41) is 16.9. The molecule has 2 heterocycles. The van der Waals surface area contributed by atoms with Crippen LogP contribution in [0.15, 0.2) is 59.7 Å². The second-order valence-electron chi connectivity index (χ2n) is 7.52. The predicted octanol–water partition coefficient (Wildman–Crippen LogP) is 2.96. The standard InChI is InChI=1S/C22H19F3N4O3/c23-22(24,25)14-8-6-13(7-9-14)18-11-16(20(31)27-17-4-1-5-19(17)30)21(32)29(28-18)15-3-2-10-26-12-15/h2-3,6-12,17,19,30H,1,4-5H2,(H,27,31)/t17-,19+/m0/s1. The summed E-state index contributed by atoms with van der Waals surface area (Å²) in [4.78, 5) is 29.9. The van der Waals surface area contributed by atoms with E-state index < -0.39 is 35.4 Å². The van der Waals surface area contributed by atoms with Crippen molar-refractivity contribution in [1.29, 1.82) is 0 Å². The topological polar surface area (TPSA) is 97.1 Å². The van der Waals surface area contributed by atoms with Crippen molar-refractivity contribution in [2.24, 2.45) is 0 Å². The van der Waals surface area contributed by atoms with Gasteiger partial charge in [-0.15, -0.1) is 0 Å². The van der Waals surface area contributed by atoms with Crippen LogP contribution < -0.4 is 10.9 Å². The normalized spacial score (nSPS) is 18.5. The molecule has 1 amide bonds. The van der Waals surface area contributed by atoms with E-state index in [0.717, 1.165) is 23.2 Å². The molecule has 2 N–H and O–H groups in total. The molecule has 1 aromatic carbocycles. The number of aliphatic hydroxyl groups is 1. The Bertz CT molecular complexity index is 1180. The fraction of sp³-hybridized carbons (Fsp3) is 0.273. The van der Waals surface area contributed by atoms with Crippen molar-refractivity contribution in [2.45, 2.75) is 37.6 Å². The molecular weight excluding hydrogens is 425 g/mol. The predicted molar refractivity (Wildman–Crippen MR) is 109 cm³/mol. The lowest BCUT2D eigenvalue weighted by molar-refractivity contribution is -0.137. The number of carbonyl (C=O) groups is 1. The van der Waals surface area contributed by atoms with Crippen LogP contribution in [0.4, 0.5) is 13.2 Å². The molecule has 1 aliphatic rings. The van der Waals surface area contributed by atoms with Crippen molar-refractivity contribution < 1.29 is 23.1 Å². The first-order chi connectivity index (χ1) is 15.2. The second-order valence-corrected chi connectivity index (χ2v) is 7.52. The molecule has 0 unspecified atom stereocenters. The highest BCUT2D eigenvalue weighted by atomic mass is 19.4. The fourth-order valence-corrected chi connectivity index (χ4v) is 3.64. The first-order valence-electron chi connectivity index (χ1n) is 9.95. The van der Waals surface area contributed by atoms with E-state index in [4.69, 9.17) is 0 Å². The molecule has 3 aromatic rings. The van der Waals surface area contributed by atoms with Gasteiger partial charge in [0, 0.05) is 11.8 Å². The van der Waals surface area contributed by atoms with Gasteiger partial charge in [-0.1, -0.05) is 12.1 Å².